The normalized spacial score (nSPS) is 13.1. The van der Waals surface area contributed by atoms with E-state index >= 15 is 0 Å². The molecule has 2 N–H and O–H groups in total. The molecule has 0 spiro atoms. The molecule has 0 aliphatic carbocycles. The smallest absolute Gasteiger partial charge is 0.170 e. The summed E-state index contributed by atoms with van der Waals surface area (Å²) in [5.41, 5.74) is 2.05. The van der Waals surface area contributed by atoms with E-state index in [-0.39, 0.29) is 23.5 Å². The summed E-state index contributed by atoms with van der Waals surface area (Å²) in [6.07, 6.45) is 1.10. The van der Waals surface area contributed by atoms with Crippen LogP contribution in [0.25, 0.3) is 0 Å². The third-order valence-corrected chi connectivity index (χ3v) is 4.85. The van der Waals surface area contributed by atoms with Crippen LogP contribution in [0.5, 0.6) is 11.5 Å². The molecule has 2 aromatic rings. The Bertz CT molecular complexity index is 616. The summed E-state index contributed by atoms with van der Waals surface area (Å²) in [5.74, 6) is -0.428. The average molecular weight is 360 g/mol. The quantitative estimate of drug-likeness (QED) is 0.661. The Labute approximate surface area is 155 Å². The first-order valence-corrected chi connectivity index (χ1v) is 8.64. The van der Waals surface area contributed by atoms with E-state index in [1.54, 1.807) is 45.6 Å². The van der Waals surface area contributed by atoms with Gasteiger partial charge in [-0.25, -0.2) is 0 Å². The van der Waals surface area contributed by atoms with Crippen LogP contribution >= 0.6 is 0 Å². The van der Waals surface area contributed by atoms with Crippen LogP contribution in [0.3, 0.4) is 0 Å². The Morgan fingerprint density at radius 3 is 1.54 bits per heavy atom. The fourth-order valence-corrected chi connectivity index (χ4v) is 3.17. The number of ether oxygens (including phenoxy) is 3. The number of phenolic OH excluding ortho intramolecular Hbond substituents is 2. The van der Waals surface area contributed by atoms with Gasteiger partial charge in [0.15, 0.2) is 5.79 Å². The zero-order valence-corrected chi connectivity index (χ0v) is 15.8. The molecular formula is C21H28O5. The monoisotopic (exact) mass is 360 g/mol. The van der Waals surface area contributed by atoms with Crippen molar-refractivity contribution in [2.24, 2.45) is 0 Å². The molecule has 1 unspecified atom stereocenters. The van der Waals surface area contributed by atoms with Crippen molar-refractivity contribution >= 4 is 0 Å². The van der Waals surface area contributed by atoms with E-state index in [9.17, 15) is 10.2 Å². The van der Waals surface area contributed by atoms with Crippen LogP contribution < -0.4 is 0 Å². The van der Waals surface area contributed by atoms with Crippen LogP contribution in [-0.4, -0.2) is 43.4 Å². The van der Waals surface area contributed by atoms with Crippen molar-refractivity contribution in [3.05, 3.63) is 59.7 Å². The van der Waals surface area contributed by atoms with Crippen LogP contribution in [0.2, 0.25) is 0 Å². The van der Waals surface area contributed by atoms with Crippen molar-refractivity contribution in [1.29, 1.82) is 0 Å². The molecule has 26 heavy (non-hydrogen) atoms. The minimum Gasteiger partial charge on any atom is -0.508 e. The Balaban J connectivity index is 2.41. The molecule has 0 fully saturated rings. The molecule has 0 heterocycles. The molecule has 1 atom stereocenters. The van der Waals surface area contributed by atoms with Crippen molar-refractivity contribution in [3.8, 4) is 11.5 Å². The van der Waals surface area contributed by atoms with Gasteiger partial charge in [-0.2, -0.15) is 0 Å². The zero-order valence-electron chi connectivity index (χ0n) is 15.8. The molecule has 5 heteroatoms. The van der Waals surface area contributed by atoms with Gasteiger partial charge in [-0.15, -0.1) is 0 Å². The van der Waals surface area contributed by atoms with Gasteiger partial charge in [0.05, 0.1) is 6.10 Å². The SMILES string of the molecule is COC(C)CC(CC(c1ccc(O)cc1)c1ccc(O)cc1)(OC)OC. The van der Waals surface area contributed by atoms with E-state index in [1.807, 2.05) is 31.2 Å². The minimum atomic E-state index is -0.824. The summed E-state index contributed by atoms with van der Waals surface area (Å²) in [6.45, 7) is 1.98. The van der Waals surface area contributed by atoms with Gasteiger partial charge in [-0.3, -0.25) is 0 Å². The van der Waals surface area contributed by atoms with E-state index < -0.39 is 5.79 Å². The second-order valence-corrected chi connectivity index (χ2v) is 6.51. The van der Waals surface area contributed by atoms with E-state index in [4.69, 9.17) is 14.2 Å². The predicted molar refractivity (Wildman–Crippen MR) is 101 cm³/mol. The molecule has 2 rings (SSSR count). The molecule has 0 aliphatic heterocycles. The summed E-state index contributed by atoms with van der Waals surface area (Å²) in [5, 5.41) is 19.2. The molecule has 0 aromatic heterocycles. The summed E-state index contributed by atoms with van der Waals surface area (Å²) in [7, 11) is 4.94. The zero-order chi connectivity index (χ0) is 19.2. The molecule has 0 amide bonds. The molecule has 5 nitrogen and oxygen atoms in total. The van der Waals surface area contributed by atoms with Crippen LogP contribution in [0.4, 0.5) is 0 Å². The lowest BCUT2D eigenvalue weighted by atomic mass is 9.84. The Morgan fingerprint density at radius 1 is 0.769 bits per heavy atom. The van der Waals surface area contributed by atoms with Crippen LogP contribution in [0.15, 0.2) is 48.5 Å². The number of rotatable bonds is 9. The fraction of sp³-hybridized carbons (Fsp3) is 0.429. The first kappa shape index (κ1) is 20.2. The van der Waals surface area contributed by atoms with Crippen molar-refractivity contribution in [3.63, 3.8) is 0 Å². The van der Waals surface area contributed by atoms with E-state index in [2.05, 4.69) is 0 Å². The minimum absolute atomic E-state index is 0.0322. The Hall–Kier alpha value is -2.08. The summed E-state index contributed by atoms with van der Waals surface area (Å²) in [6, 6.07) is 14.2. The molecule has 0 saturated heterocycles. The number of phenols is 2. The van der Waals surface area contributed by atoms with E-state index in [0.29, 0.717) is 12.8 Å². The molecule has 2 aromatic carbocycles. The lowest BCUT2D eigenvalue weighted by molar-refractivity contribution is -0.227. The van der Waals surface area contributed by atoms with E-state index in [0.717, 1.165) is 11.1 Å². The lowest BCUT2D eigenvalue weighted by Crippen LogP contribution is -2.39. The van der Waals surface area contributed by atoms with Gasteiger partial charge in [0.25, 0.3) is 0 Å². The molecule has 0 aliphatic rings. The van der Waals surface area contributed by atoms with Gasteiger partial charge >= 0.3 is 0 Å². The van der Waals surface area contributed by atoms with Gasteiger partial charge in [0.1, 0.15) is 11.5 Å². The van der Waals surface area contributed by atoms with Crippen molar-refractivity contribution in [1.82, 2.24) is 0 Å². The highest BCUT2D eigenvalue weighted by atomic mass is 16.7. The number of aromatic hydroxyl groups is 2. The fourth-order valence-electron chi connectivity index (χ4n) is 3.17. The largest absolute Gasteiger partial charge is 0.508 e. The third-order valence-electron chi connectivity index (χ3n) is 4.85. The van der Waals surface area contributed by atoms with Crippen molar-refractivity contribution < 1.29 is 24.4 Å². The van der Waals surface area contributed by atoms with Crippen LogP contribution in [0.1, 0.15) is 36.8 Å². The summed E-state index contributed by atoms with van der Waals surface area (Å²) >= 11 is 0. The standard InChI is InChI=1S/C21H28O5/c1-15(24-2)13-21(25-3,26-4)14-20(16-5-9-18(22)10-6-16)17-7-11-19(23)12-8-17/h5-12,15,20,22-23H,13-14H2,1-4H3. The molecule has 0 radical (unpaired) electrons. The number of benzene rings is 2. The first-order chi connectivity index (χ1) is 12.4. The lowest BCUT2D eigenvalue weighted by Gasteiger charge is -2.36. The number of hydrogen-bond acceptors (Lipinski definition) is 5. The highest BCUT2D eigenvalue weighted by Gasteiger charge is 2.36. The number of methoxy groups -OCH3 is 3. The second-order valence-electron chi connectivity index (χ2n) is 6.51. The highest BCUT2D eigenvalue weighted by Crippen LogP contribution is 2.38. The average Bonchev–Trinajstić information content (AvgIpc) is 2.66. The van der Waals surface area contributed by atoms with Crippen molar-refractivity contribution in [2.45, 2.75) is 37.6 Å². The van der Waals surface area contributed by atoms with Crippen LogP contribution in [0, 0.1) is 0 Å². The number of hydrogen-bond donors (Lipinski definition) is 2. The van der Waals surface area contributed by atoms with Gasteiger partial charge in [0, 0.05) is 40.1 Å². The second kappa shape index (κ2) is 9.03. The topological polar surface area (TPSA) is 68.2 Å². The maximum absolute atomic E-state index is 9.62. The summed E-state index contributed by atoms with van der Waals surface area (Å²) in [4.78, 5) is 0. The van der Waals surface area contributed by atoms with Crippen molar-refractivity contribution in [2.75, 3.05) is 21.3 Å². The Morgan fingerprint density at radius 2 is 1.19 bits per heavy atom. The predicted octanol–water partition coefficient (Wildman–Crippen LogP) is 4.03. The summed E-state index contributed by atoms with van der Waals surface area (Å²) < 4.78 is 17.0. The highest BCUT2D eigenvalue weighted by molar-refractivity contribution is 5.38. The van der Waals surface area contributed by atoms with Gasteiger partial charge in [-0.05, 0) is 42.3 Å². The Kier molecular flexibility index (Phi) is 7.03. The van der Waals surface area contributed by atoms with Gasteiger partial charge in [-0.1, -0.05) is 24.3 Å². The maximum Gasteiger partial charge on any atom is 0.170 e. The maximum atomic E-state index is 9.62. The first-order valence-electron chi connectivity index (χ1n) is 8.64. The van der Waals surface area contributed by atoms with E-state index in [1.165, 1.54) is 0 Å². The molecule has 0 bridgehead atoms. The third kappa shape index (κ3) is 4.97. The molecular weight excluding hydrogens is 332 g/mol. The van der Waals surface area contributed by atoms with Gasteiger partial charge < -0.3 is 24.4 Å². The molecule has 0 saturated carbocycles. The van der Waals surface area contributed by atoms with Crippen LogP contribution in [-0.2, 0) is 14.2 Å². The molecule has 142 valence electrons. The van der Waals surface area contributed by atoms with Gasteiger partial charge in [0.2, 0.25) is 0 Å².